The smallest absolute Gasteiger partial charge is 0.219 e. The molecule has 1 aromatic carbocycles. The van der Waals surface area contributed by atoms with Gasteiger partial charge in [0.2, 0.25) is 5.91 Å². The summed E-state index contributed by atoms with van der Waals surface area (Å²) < 4.78 is 19.6. The average Bonchev–Trinajstić information content (AvgIpc) is 2.93. The molecule has 0 N–H and O–H groups in total. The summed E-state index contributed by atoms with van der Waals surface area (Å²) in [5.74, 6) is 0.207. The minimum absolute atomic E-state index is 0.130. The van der Waals surface area contributed by atoms with Crippen molar-refractivity contribution >= 4 is 17.5 Å². The zero-order valence-corrected chi connectivity index (χ0v) is 15.7. The Kier molecular flexibility index (Phi) is 5.66. The van der Waals surface area contributed by atoms with Crippen molar-refractivity contribution in [3.63, 3.8) is 0 Å². The van der Waals surface area contributed by atoms with E-state index in [0.29, 0.717) is 24.6 Å². The van der Waals surface area contributed by atoms with Gasteiger partial charge in [-0.05, 0) is 37.4 Å². The molecule has 2 heterocycles. The van der Waals surface area contributed by atoms with Gasteiger partial charge in [0, 0.05) is 45.1 Å². The van der Waals surface area contributed by atoms with Crippen LogP contribution in [0.2, 0.25) is 5.02 Å². The molecule has 1 aromatic rings. The van der Waals surface area contributed by atoms with E-state index in [1.165, 1.54) is 0 Å². The van der Waals surface area contributed by atoms with E-state index in [0.717, 1.165) is 39.0 Å². The van der Waals surface area contributed by atoms with Gasteiger partial charge in [0.25, 0.3) is 0 Å². The number of rotatable bonds is 4. The summed E-state index contributed by atoms with van der Waals surface area (Å²) in [6, 6.07) is 5.17. The van der Waals surface area contributed by atoms with E-state index in [-0.39, 0.29) is 22.2 Å². The van der Waals surface area contributed by atoms with E-state index in [1.54, 1.807) is 32.2 Å². The van der Waals surface area contributed by atoms with Crippen LogP contribution in [0, 0.1) is 17.2 Å². The predicted octanol–water partition coefficient (Wildman–Crippen LogP) is 3.19. The van der Waals surface area contributed by atoms with Gasteiger partial charge in [-0.2, -0.15) is 0 Å². The van der Waals surface area contributed by atoms with Crippen molar-refractivity contribution in [1.82, 2.24) is 9.80 Å². The number of nitrogens with zero attached hydrogens (tertiary/aromatic N) is 2. The molecular weight excluding hydrogens is 343 g/mol. The zero-order valence-electron chi connectivity index (χ0n) is 14.9. The van der Waals surface area contributed by atoms with E-state index < -0.39 is 0 Å². The Morgan fingerprint density at radius 3 is 2.76 bits per heavy atom. The third kappa shape index (κ3) is 3.83. The van der Waals surface area contributed by atoms with Gasteiger partial charge >= 0.3 is 0 Å². The second kappa shape index (κ2) is 7.60. The van der Waals surface area contributed by atoms with Crippen LogP contribution >= 0.6 is 11.6 Å². The van der Waals surface area contributed by atoms with Gasteiger partial charge in [0.05, 0.1) is 11.6 Å². The topological polar surface area (TPSA) is 32.8 Å². The minimum Gasteiger partial charge on any atom is -0.384 e. The maximum atomic E-state index is 14.1. The van der Waals surface area contributed by atoms with Crippen molar-refractivity contribution in [2.75, 3.05) is 39.9 Å². The Labute approximate surface area is 153 Å². The lowest BCUT2D eigenvalue weighted by Crippen LogP contribution is -2.45. The molecule has 138 valence electrons. The SMILES string of the molecule is COCC1CN(C(C)=O)CC12CCN(Cc1cccc(Cl)c1F)CC2. The maximum Gasteiger partial charge on any atom is 0.219 e. The second-order valence-corrected chi connectivity index (χ2v) is 7.81. The number of ether oxygens (including phenoxy) is 1. The number of likely N-dealkylation sites (tertiary alicyclic amines) is 2. The number of methoxy groups -OCH3 is 1. The van der Waals surface area contributed by atoms with Gasteiger partial charge in [-0.1, -0.05) is 23.7 Å². The molecule has 25 heavy (non-hydrogen) atoms. The molecule has 0 saturated carbocycles. The zero-order chi connectivity index (χ0) is 18.0. The van der Waals surface area contributed by atoms with Crippen LogP contribution in [0.1, 0.15) is 25.3 Å². The molecule has 3 rings (SSSR count). The molecule has 0 bridgehead atoms. The summed E-state index contributed by atoms with van der Waals surface area (Å²) in [4.78, 5) is 16.0. The van der Waals surface area contributed by atoms with E-state index in [1.807, 2.05) is 4.90 Å². The van der Waals surface area contributed by atoms with Crippen LogP contribution in [0.3, 0.4) is 0 Å². The van der Waals surface area contributed by atoms with Crippen molar-refractivity contribution < 1.29 is 13.9 Å². The molecule has 1 atom stereocenters. The number of carbonyl (C=O) groups is 1. The van der Waals surface area contributed by atoms with Crippen LogP contribution in [0.25, 0.3) is 0 Å². The van der Waals surface area contributed by atoms with Crippen LogP contribution in [0.15, 0.2) is 18.2 Å². The monoisotopic (exact) mass is 368 g/mol. The normalized spacial score (nSPS) is 23.4. The van der Waals surface area contributed by atoms with E-state index >= 15 is 0 Å². The summed E-state index contributed by atoms with van der Waals surface area (Å²) >= 11 is 5.88. The molecule has 0 aromatic heterocycles. The Morgan fingerprint density at radius 1 is 1.40 bits per heavy atom. The molecule has 2 saturated heterocycles. The van der Waals surface area contributed by atoms with Crippen molar-refractivity contribution in [3.05, 3.63) is 34.6 Å². The van der Waals surface area contributed by atoms with E-state index in [9.17, 15) is 9.18 Å². The molecule has 4 nitrogen and oxygen atoms in total. The molecule has 2 aliphatic heterocycles. The summed E-state index contributed by atoms with van der Waals surface area (Å²) in [5.41, 5.74) is 0.777. The molecular formula is C19H26ClFN2O2. The van der Waals surface area contributed by atoms with E-state index in [4.69, 9.17) is 16.3 Å². The Morgan fingerprint density at radius 2 is 2.12 bits per heavy atom. The first-order valence-corrected chi connectivity index (χ1v) is 9.23. The summed E-state index contributed by atoms with van der Waals surface area (Å²) in [6.07, 6.45) is 2.01. The summed E-state index contributed by atoms with van der Waals surface area (Å²) in [7, 11) is 1.72. The van der Waals surface area contributed by atoms with Crippen LogP contribution in [0.5, 0.6) is 0 Å². The van der Waals surface area contributed by atoms with Crippen molar-refractivity contribution in [1.29, 1.82) is 0 Å². The summed E-state index contributed by atoms with van der Waals surface area (Å²) in [6.45, 7) is 6.30. The highest BCUT2D eigenvalue weighted by Crippen LogP contribution is 2.45. The lowest BCUT2D eigenvalue weighted by Gasteiger charge is -2.42. The molecule has 2 fully saturated rings. The minimum atomic E-state index is -0.315. The highest BCUT2D eigenvalue weighted by Gasteiger charge is 2.48. The third-order valence-electron chi connectivity index (χ3n) is 5.90. The van der Waals surface area contributed by atoms with Crippen LogP contribution in [-0.4, -0.2) is 55.6 Å². The number of halogens is 2. The highest BCUT2D eigenvalue weighted by atomic mass is 35.5. The standard InChI is InChI=1S/C19H26ClFN2O2/c1-14(24)23-11-16(12-25-2)19(13-23)6-8-22(9-7-19)10-15-4-3-5-17(20)18(15)21/h3-5,16H,6-13H2,1-2H3. The van der Waals surface area contributed by atoms with Gasteiger partial charge in [-0.3, -0.25) is 9.69 Å². The highest BCUT2D eigenvalue weighted by molar-refractivity contribution is 6.30. The van der Waals surface area contributed by atoms with Crippen LogP contribution in [-0.2, 0) is 16.1 Å². The molecule has 0 aliphatic carbocycles. The van der Waals surface area contributed by atoms with Crippen molar-refractivity contribution in [3.8, 4) is 0 Å². The second-order valence-electron chi connectivity index (χ2n) is 7.40. The van der Waals surface area contributed by atoms with Gasteiger partial charge in [-0.25, -0.2) is 4.39 Å². The largest absolute Gasteiger partial charge is 0.384 e. The molecule has 0 radical (unpaired) electrons. The van der Waals surface area contributed by atoms with Crippen molar-refractivity contribution in [2.24, 2.45) is 11.3 Å². The first-order chi connectivity index (χ1) is 11.9. The van der Waals surface area contributed by atoms with Gasteiger partial charge < -0.3 is 9.64 Å². The molecule has 1 amide bonds. The number of hydrogen-bond acceptors (Lipinski definition) is 3. The van der Waals surface area contributed by atoms with Crippen LogP contribution in [0.4, 0.5) is 4.39 Å². The third-order valence-corrected chi connectivity index (χ3v) is 6.20. The lowest BCUT2D eigenvalue weighted by atomic mass is 9.71. The van der Waals surface area contributed by atoms with Gasteiger partial charge in [0.1, 0.15) is 5.82 Å². The first-order valence-electron chi connectivity index (χ1n) is 8.85. The first kappa shape index (κ1) is 18.6. The quantitative estimate of drug-likeness (QED) is 0.818. The van der Waals surface area contributed by atoms with Gasteiger partial charge in [-0.15, -0.1) is 0 Å². The maximum absolute atomic E-state index is 14.1. The average molecular weight is 369 g/mol. The number of benzene rings is 1. The van der Waals surface area contributed by atoms with Crippen LogP contribution < -0.4 is 0 Å². The Hall–Kier alpha value is -1.17. The van der Waals surface area contributed by atoms with Gasteiger partial charge in [0.15, 0.2) is 0 Å². The Bertz CT molecular complexity index is 632. The van der Waals surface area contributed by atoms with E-state index in [2.05, 4.69) is 4.90 Å². The lowest BCUT2D eigenvalue weighted by molar-refractivity contribution is -0.128. The number of carbonyl (C=O) groups excluding carboxylic acids is 1. The number of amides is 1. The Balaban J connectivity index is 1.65. The number of hydrogen-bond donors (Lipinski definition) is 0. The predicted molar refractivity (Wildman–Crippen MR) is 96.0 cm³/mol. The fraction of sp³-hybridized carbons (Fsp3) is 0.632. The molecule has 1 unspecified atom stereocenters. The fourth-order valence-electron chi connectivity index (χ4n) is 4.34. The molecule has 6 heteroatoms. The molecule has 1 spiro atoms. The number of piperidine rings is 1. The van der Waals surface area contributed by atoms with Crippen molar-refractivity contribution in [2.45, 2.75) is 26.3 Å². The fourth-order valence-corrected chi connectivity index (χ4v) is 4.53. The summed E-state index contributed by atoms with van der Waals surface area (Å²) in [5, 5.41) is 0.180. The molecule has 2 aliphatic rings.